The van der Waals surface area contributed by atoms with Gasteiger partial charge < -0.3 is 15.5 Å². The predicted molar refractivity (Wildman–Crippen MR) is 80.1 cm³/mol. The van der Waals surface area contributed by atoms with E-state index in [4.69, 9.17) is 5.11 Å². The summed E-state index contributed by atoms with van der Waals surface area (Å²) >= 11 is 0. The van der Waals surface area contributed by atoms with Crippen LogP contribution in [-0.2, 0) is 16.0 Å². The molecule has 3 N–H and O–H groups in total. The number of carbonyl (C=O) groups is 2. The number of phenolic OH excluding ortho intramolecular Hbond substituents is 1. The van der Waals surface area contributed by atoms with Gasteiger partial charge in [0.05, 0.1) is 6.42 Å². The number of hydrogen-bond donors (Lipinski definition) is 3. The van der Waals surface area contributed by atoms with Gasteiger partial charge in [0.2, 0.25) is 5.91 Å². The van der Waals surface area contributed by atoms with Gasteiger partial charge >= 0.3 is 5.97 Å². The Morgan fingerprint density at radius 2 is 1.86 bits per heavy atom. The summed E-state index contributed by atoms with van der Waals surface area (Å²) in [5, 5.41) is 21.3. The molecule has 0 spiro atoms. The van der Waals surface area contributed by atoms with Crippen molar-refractivity contribution in [1.82, 2.24) is 5.32 Å². The van der Waals surface area contributed by atoms with Crippen LogP contribution in [0, 0.1) is 5.41 Å². The summed E-state index contributed by atoms with van der Waals surface area (Å²) in [5.41, 5.74) is 0.376. The van der Waals surface area contributed by atoms with Gasteiger partial charge in [-0.1, -0.05) is 39.0 Å². The summed E-state index contributed by atoms with van der Waals surface area (Å²) < 4.78 is 0. The number of para-hydroxylation sites is 1. The monoisotopic (exact) mass is 293 g/mol. The lowest BCUT2D eigenvalue weighted by Crippen LogP contribution is -2.45. The number of nitrogens with one attached hydrogen (secondary N) is 1. The number of amides is 1. The zero-order chi connectivity index (χ0) is 16.0. The molecule has 0 heterocycles. The summed E-state index contributed by atoms with van der Waals surface area (Å²) in [5.74, 6) is -0.974. The second-order valence-corrected chi connectivity index (χ2v) is 6.21. The van der Waals surface area contributed by atoms with E-state index >= 15 is 0 Å². The minimum atomic E-state index is -0.934. The van der Waals surface area contributed by atoms with Crippen molar-refractivity contribution in [3.8, 4) is 5.75 Å². The fourth-order valence-corrected chi connectivity index (χ4v) is 1.99. The van der Waals surface area contributed by atoms with Gasteiger partial charge in [-0.05, 0) is 23.5 Å². The van der Waals surface area contributed by atoms with Gasteiger partial charge in [0.15, 0.2) is 0 Å². The van der Waals surface area contributed by atoms with Crippen LogP contribution in [0.3, 0.4) is 0 Å². The second-order valence-electron chi connectivity index (χ2n) is 6.21. The van der Waals surface area contributed by atoms with E-state index in [1.54, 1.807) is 24.3 Å². The molecule has 1 aromatic carbocycles. The lowest BCUT2D eigenvalue weighted by Gasteiger charge is -2.30. The summed E-state index contributed by atoms with van der Waals surface area (Å²) in [6, 6.07) is 6.44. The predicted octanol–water partition coefficient (Wildman–Crippen LogP) is 2.33. The largest absolute Gasteiger partial charge is 0.508 e. The van der Waals surface area contributed by atoms with Gasteiger partial charge in [0.25, 0.3) is 0 Å². The molecule has 0 radical (unpaired) electrons. The third kappa shape index (κ3) is 5.85. The van der Waals surface area contributed by atoms with Crippen molar-refractivity contribution in [2.45, 2.75) is 46.1 Å². The third-order valence-electron chi connectivity index (χ3n) is 3.37. The number of hydrogen-bond acceptors (Lipinski definition) is 3. The van der Waals surface area contributed by atoms with Gasteiger partial charge in [-0.3, -0.25) is 9.59 Å². The molecule has 1 rings (SSSR count). The van der Waals surface area contributed by atoms with Crippen LogP contribution in [0.15, 0.2) is 24.3 Å². The second kappa shape index (κ2) is 7.11. The molecule has 21 heavy (non-hydrogen) atoms. The molecule has 116 valence electrons. The zero-order valence-corrected chi connectivity index (χ0v) is 12.7. The van der Waals surface area contributed by atoms with Crippen molar-refractivity contribution in [2.24, 2.45) is 5.41 Å². The summed E-state index contributed by atoms with van der Waals surface area (Å²) in [6.07, 6.45) is 0.526. The average molecular weight is 293 g/mol. The van der Waals surface area contributed by atoms with Crippen molar-refractivity contribution >= 4 is 11.9 Å². The van der Waals surface area contributed by atoms with Crippen molar-refractivity contribution in [3.63, 3.8) is 0 Å². The van der Waals surface area contributed by atoms with Gasteiger partial charge in [0, 0.05) is 12.5 Å². The third-order valence-corrected chi connectivity index (χ3v) is 3.37. The highest BCUT2D eigenvalue weighted by molar-refractivity contribution is 5.77. The first kappa shape index (κ1) is 17.0. The molecule has 0 fully saturated rings. The number of aromatic hydroxyl groups is 1. The Morgan fingerprint density at radius 1 is 1.24 bits per heavy atom. The van der Waals surface area contributed by atoms with E-state index in [1.165, 1.54) is 0 Å². The van der Waals surface area contributed by atoms with Crippen LogP contribution in [0.5, 0.6) is 5.75 Å². The van der Waals surface area contributed by atoms with Crippen LogP contribution in [-0.4, -0.2) is 28.1 Å². The Morgan fingerprint density at radius 3 is 2.38 bits per heavy atom. The van der Waals surface area contributed by atoms with E-state index in [0.717, 1.165) is 0 Å². The standard InChI is InChI=1S/C16H23NO4/c1-16(2,3)13(10-15(20)21)17-14(19)9-8-11-6-4-5-7-12(11)18/h4-7,13,18H,8-10H2,1-3H3,(H,17,19)(H,20,21). The van der Waals surface area contributed by atoms with Gasteiger partial charge in [-0.2, -0.15) is 0 Å². The minimum absolute atomic E-state index is 0.105. The highest BCUT2D eigenvalue weighted by atomic mass is 16.4. The van der Waals surface area contributed by atoms with Crippen LogP contribution >= 0.6 is 0 Å². The van der Waals surface area contributed by atoms with E-state index in [2.05, 4.69) is 5.32 Å². The van der Waals surface area contributed by atoms with Crippen LogP contribution in [0.2, 0.25) is 0 Å². The van der Waals surface area contributed by atoms with Crippen LogP contribution in [0.4, 0.5) is 0 Å². The molecule has 1 unspecified atom stereocenters. The zero-order valence-electron chi connectivity index (χ0n) is 12.7. The summed E-state index contributed by atoms with van der Waals surface area (Å²) in [4.78, 5) is 22.9. The molecule has 0 aromatic heterocycles. The Hall–Kier alpha value is -2.04. The molecule has 1 aromatic rings. The first-order valence-corrected chi connectivity index (χ1v) is 6.98. The number of carboxylic acids is 1. The van der Waals surface area contributed by atoms with Crippen molar-refractivity contribution in [3.05, 3.63) is 29.8 Å². The molecule has 1 amide bonds. The van der Waals surface area contributed by atoms with Crippen molar-refractivity contribution in [1.29, 1.82) is 0 Å². The summed E-state index contributed by atoms with van der Waals surface area (Å²) in [7, 11) is 0. The molecule has 0 aliphatic carbocycles. The Balaban J connectivity index is 2.58. The molecule has 5 heteroatoms. The maximum absolute atomic E-state index is 12.0. The molecule has 1 atom stereocenters. The quantitative estimate of drug-likeness (QED) is 0.751. The van der Waals surface area contributed by atoms with E-state index in [0.29, 0.717) is 12.0 Å². The fourth-order valence-electron chi connectivity index (χ4n) is 1.99. The highest BCUT2D eigenvalue weighted by Crippen LogP contribution is 2.22. The lowest BCUT2D eigenvalue weighted by atomic mass is 9.84. The first-order chi connectivity index (χ1) is 9.70. The minimum Gasteiger partial charge on any atom is -0.508 e. The maximum Gasteiger partial charge on any atom is 0.305 e. The Labute approximate surface area is 125 Å². The molecule has 0 aliphatic rings. The molecule has 5 nitrogen and oxygen atoms in total. The number of phenols is 1. The number of aliphatic carboxylic acids is 1. The lowest BCUT2D eigenvalue weighted by molar-refractivity contribution is -0.138. The SMILES string of the molecule is CC(C)(C)C(CC(=O)O)NC(=O)CCc1ccccc1O. The number of aryl methyl sites for hydroxylation is 1. The molecule has 0 bridgehead atoms. The van der Waals surface area contributed by atoms with Crippen molar-refractivity contribution in [2.75, 3.05) is 0 Å². The highest BCUT2D eigenvalue weighted by Gasteiger charge is 2.28. The maximum atomic E-state index is 12.0. The number of carbonyl (C=O) groups excluding carboxylic acids is 1. The number of carboxylic acid groups (broad SMARTS) is 1. The van der Waals surface area contributed by atoms with Crippen LogP contribution in [0.25, 0.3) is 0 Å². The van der Waals surface area contributed by atoms with Crippen molar-refractivity contribution < 1.29 is 19.8 Å². The van der Waals surface area contributed by atoms with Crippen LogP contribution in [0.1, 0.15) is 39.2 Å². The average Bonchev–Trinajstić information content (AvgIpc) is 2.35. The smallest absolute Gasteiger partial charge is 0.305 e. The van der Waals surface area contributed by atoms with Gasteiger partial charge in [-0.15, -0.1) is 0 Å². The molecule has 0 saturated carbocycles. The van der Waals surface area contributed by atoms with Crippen LogP contribution < -0.4 is 5.32 Å². The molecular formula is C16H23NO4. The van der Waals surface area contributed by atoms with E-state index < -0.39 is 12.0 Å². The normalized spacial score (nSPS) is 12.7. The van der Waals surface area contributed by atoms with Gasteiger partial charge in [-0.25, -0.2) is 0 Å². The molecule has 0 aliphatic heterocycles. The van der Waals surface area contributed by atoms with Gasteiger partial charge in [0.1, 0.15) is 5.75 Å². The molecule has 0 saturated heterocycles. The Kier molecular flexibility index (Phi) is 5.76. The van der Waals surface area contributed by atoms with E-state index in [9.17, 15) is 14.7 Å². The van der Waals surface area contributed by atoms with E-state index in [-0.39, 0.29) is 29.9 Å². The fraction of sp³-hybridized carbons (Fsp3) is 0.500. The van der Waals surface area contributed by atoms with E-state index in [1.807, 2.05) is 20.8 Å². The number of rotatable bonds is 6. The topological polar surface area (TPSA) is 86.6 Å². The Bertz CT molecular complexity index is 505. The number of benzene rings is 1. The first-order valence-electron chi connectivity index (χ1n) is 6.98. The molecular weight excluding hydrogens is 270 g/mol. The summed E-state index contributed by atoms with van der Waals surface area (Å²) in [6.45, 7) is 5.68.